The van der Waals surface area contributed by atoms with Crippen LogP contribution < -0.4 is 15.4 Å². The summed E-state index contributed by atoms with van der Waals surface area (Å²) in [4.78, 5) is 30.1. The van der Waals surface area contributed by atoms with E-state index >= 15 is 0 Å². The summed E-state index contributed by atoms with van der Waals surface area (Å²) in [5, 5.41) is 7.84. The van der Waals surface area contributed by atoms with Crippen LogP contribution in [0.2, 0.25) is 0 Å². The van der Waals surface area contributed by atoms with E-state index in [2.05, 4.69) is 15.6 Å². The highest BCUT2D eigenvalue weighted by atomic mass is 32.2. The maximum atomic E-state index is 13.1. The molecule has 1 saturated heterocycles. The highest BCUT2D eigenvalue weighted by molar-refractivity contribution is 7.89. The minimum Gasteiger partial charge on any atom is -0.497 e. The van der Waals surface area contributed by atoms with Crippen LogP contribution in [-0.2, 0) is 19.6 Å². The van der Waals surface area contributed by atoms with Gasteiger partial charge in [-0.05, 0) is 43.0 Å². The number of aromatic nitrogens is 1. The minimum atomic E-state index is -3.74. The summed E-state index contributed by atoms with van der Waals surface area (Å²) in [6, 6.07) is 5.46. The van der Waals surface area contributed by atoms with Crippen molar-refractivity contribution in [1.29, 1.82) is 0 Å². The monoisotopic (exact) mass is 494 g/mol. The van der Waals surface area contributed by atoms with E-state index in [4.69, 9.17) is 4.74 Å². The third-order valence-corrected chi connectivity index (χ3v) is 8.48. The van der Waals surface area contributed by atoms with E-state index in [1.165, 1.54) is 34.9 Å². The molecule has 2 unspecified atom stereocenters. The first-order valence-electron chi connectivity index (χ1n) is 10.9. The van der Waals surface area contributed by atoms with Crippen molar-refractivity contribution in [3.05, 3.63) is 35.8 Å². The summed E-state index contributed by atoms with van der Waals surface area (Å²) < 4.78 is 32.6. The van der Waals surface area contributed by atoms with Crippen molar-refractivity contribution in [2.75, 3.05) is 25.5 Å². The maximum Gasteiger partial charge on any atom is 0.249 e. The summed E-state index contributed by atoms with van der Waals surface area (Å²) in [7, 11) is -2.23. The molecule has 3 rings (SSSR count). The average Bonchev–Trinajstić information content (AvgIpc) is 3.34. The molecule has 11 heteroatoms. The highest BCUT2D eigenvalue weighted by Crippen LogP contribution is 2.26. The number of amides is 2. The van der Waals surface area contributed by atoms with Crippen molar-refractivity contribution in [3.63, 3.8) is 0 Å². The molecule has 1 fully saturated rings. The van der Waals surface area contributed by atoms with E-state index < -0.39 is 22.0 Å². The van der Waals surface area contributed by atoms with E-state index in [1.54, 1.807) is 23.7 Å². The van der Waals surface area contributed by atoms with Gasteiger partial charge in [-0.25, -0.2) is 13.4 Å². The van der Waals surface area contributed by atoms with Gasteiger partial charge in [0.2, 0.25) is 21.8 Å². The van der Waals surface area contributed by atoms with Gasteiger partial charge in [0, 0.05) is 24.7 Å². The fourth-order valence-corrected chi connectivity index (χ4v) is 5.77. The molecule has 1 aromatic heterocycles. The molecular weight excluding hydrogens is 464 g/mol. The van der Waals surface area contributed by atoms with Gasteiger partial charge >= 0.3 is 0 Å². The van der Waals surface area contributed by atoms with Crippen molar-refractivity contribution in [2.45, 2.75) is 44.0 Å². The van der Waals surface area contributed by atoms with E-state index in [1.807, 2.05) is 13.8 Å². The predicted octanol–water partition coefficient (Wildman–Crippen LogP) is 2.72. The van der Waals surface area contributed by atoms with E-state index in [0.717, 1.165) is 0 Å². The largest absolute Gasteiger partial charge is 0.497 e. The number of nitrogens with one attached hydrogen (secondary N) is 2. The van der Waals surface area contributed by atoms with Crippen LogP contribution in [-0.4, -0.2) is 55.8 Å². The number of thiazole rings is 1. The maximum absolute atomic E-state index is 13.1. The molecule has 1 aliphatic heterocycles. The molecule has 0 bridgehead atoms. The summed E-state index contributed by atoms with van der Waals surface area (Å²) in [6.07, 6.45) is 3.41. The van der Waals surface area contributed by atoms with E-state index in [9.17, 15) is 18.0 Å². The zero-order valence-electron chi connectivity index (χ0n) is 19.0. The van der Waals surface area contributed by atoms with Gasteiger partial charge in [-0.15, -0.1) is 11.3 Å². The zero-order chi connectivity index (χ0) is 24.0. The third-order valence-electron chi connectivity index (χ3n) is 5.91. The normalized spacial score (nSPS) is 18.8. The fourth-order valence-electron chi connectivity index (χ4n) is 3.71. The SMILES string of the molecule is CCC(C)[C@H](NC(=O)C1CCCN(S(=O)(=O)c2ccc(OC)cc2)C1)C(=O)Nc1nccs1. The molecule has 1 aromatic carbocycles. The molecule has 2 aromatic rings. The topological polar surface area (TPSA) is 118 Å². The Hall–Kier alpha value is -2.50. The van der Waals surface area contributed by atoms with Gasteiger partial charge < -0.3 is 15.4 Å². The van der Waals surface area contributed by atoms with Crippen molar-refractivity contribution in [3.8, 4) is 5.75 Å². The van der Waals surface area contributed by atoms with Gasteiger partial charge in [-0.1, -0.05) is 20.3 Å². The van der Waals surface area contributed by atoms with Crippen molar-refractivity contribution in [1.82, 2.24) is 14.6 Å². The van der Waals surface area contributed by atoms with Gasteiger partial charge in [-0.3, -0.25) is 9.59 Å². The number of piperidine rings is 1. The molecular formula is C22H30N4O5S2. The number of benzene rings is 1. The number of anilines is 1. The number of nitrogens with zero attached hydrogens (tertiary/aromatic N) is 2. The minimum absolute atomic E-state index is 0.0710. The first-order chi connectivity index (χ1) is 15.8. The van der Waals surface area contributed by atoms with Crippen molar-refractivity contribution < 1.29 is 22.7 Å². The lowest BCUT2D eigenvalue weighted by molar-refractivity contribution is -0.131. The van der Waals surface area contributed by atoms with Crippen LogP contribution in [0.1, 0.15) is 33.1 Å². The molecule has 2 heterocycles. The van der Waals surface area contributed by atoms with Gasteiger partial charge in [0.25, 0.3) is 0 Å². The summed E-state index contributed by atoms with van der Waals surface area (Å²) in [5.74, 6) is -0.713. The molecule has 9 nitrogen and oxygen atoms in total. The number of sulfonamides is 1. The Morgan fingerprint density at radius 3 is 2.64 bits per heavy atom. The van der Waals surface area contributed by atoms with E-state index in [0.29, 0.717) is 36.7 Å². The Morgan fingerprint density at radius 2 is 2.03 bits per heavy atom. The quantitative estimate of drug-likeness (QED) is 0.554. The first-order valence-corrected chi connectivity index (χ1v) is 13.2. The second kappa shape index (κ2) is 11.1. The fraction of sp³-hybridized carbons (Fsp3) is 0.500. The number of carbonyl (C=O) groups excluding carboxylic acids is 2. The molecule has 0 aliphatic carbocycles. The number of rotatable bonds is 9. The number of ether oxygens (including phenoxy) is 1. The number of hydrogen-bond donors (Lipinski definition) is 2. The molecule has 2 N–H and O–H groups in total. The second-order valence-electron chi connectivity index (χ2n) is 8.08. The number of hydrogen-bond acceptors (Lipinski definition) is 7. The average molecular weight is 495 g/mol. The van der Waals surface area contributed by atoms with Crippen molar-refractivity contribution >= 4 is 38.3 Å². The van der Waals surface area contributed by atoms with Crippen LogP contribution in [0.4, 0.5) is 5.13 Å². The lowest BCUT2D eigenvalue weighted by Gasteiger charge is -2.32. The Kier molecular flexibility index (Phi) is 8.44. The van der Waals surface area contributed by atoms with Crippen LogP contribution >= 0.6 is 11.3 Å². The van der Waals surface area contributed by atoms with Gasteiger partial charge in [-0.2, -0.15) is 4.31 Å². The lowest BCUT2D eigenvalue weighted by atomic mass is 9.95. The second-order valence-corrected chi connectivity index (χ2v) is 10.9. The highest BCUT2D eigenvalue weighted by Gasteiger charge is 2.35. The Balaban J connectivity index is 1.69. The molecule has 180 valence electrons. The van der Waals surface area contributed by atoms with Crippen LogP contribution in [0.5, 0.6) is 5.75 Å². The van der Waals surface area contributed by atoms with Crippen LogP contribution in [0.25, 0.3) is 0 Å². The summed E-state index contributed by atoms with van der Waals surface area (Å²) >= 11 is 1.30. The third kappa shape index (κ3) is 6.10. The molecule has 33 heavy (non-hydrogen) atoms. The van der Waals surface area contributed by atoms with Gasteiger partial charge in [0.15, 0.2) is 5.13 Å². The molecule has 3 atom stereocenters. The molecule has 0 saturated carbocycles. The summed E-state index contributed by atoms with van der Waals surface area (Å²) in [6.45, 7) is 4.26. The zero-order valence-corrected chi connectivity index (χ0v) is 20.6. The Morgan fingerprint density at radius 1 is 1.30 bits per heavy atom. The Bertz CT molecular complexity index is 1040. The number of carbonyl (C=O) groups is 2. The van der Waals surface area contributed by atoms with E-state index in [-0.39, 0.29) is 29.2 Å². The molecule has 0 radical (unpaired) electrons. The predicted molar refractivity (Wildman–Crippen MR) is 127 cm³/mol. The molecule has 2 amide bonds. The Labute approximate surface area is 198 Å². The van der Waals surface area contributed by atoms with Gasteiger partial charge in [0.1, 0.15) is 11.8 Å². The van der Waals surface area contributed by atoms with Crippen LogP contribution in [0.3, 0.4) is 0 Å². The number of methoxy groups -OCH3 is 1. The van der Waals surface area contributed by atoms with Crippen molar-refractivity contribution in [2.24, 2.45) is 11.8 Å². The molecule has 0 spiro atoms. The summed E-state index contributed by atoms with van der Waals surface area (Å²) in [5.41, 5.74) is 0. The van der Waals surface area contributed by atoms with Crippen LogP contribution in [0, 0.1) is 11.8 Å². The molecule has 1 aliphatic rings. The smallest absolute Gasteiger partial charge is 0.249 e. The van der Waals surface area contributed by atoms with Crippen LogP contribution in [0.15, 0.2) is 40.7 Å². The standard InChI is InChI=1S/C22H30N4O5S2/c1-4-15(2)19(21(28)25-22-23-11-13-32-22)24-20(27)16-6-5-12-26(14-16)33(29,30)18-9-7-17(31-3)8-10-18/h7-11,13,15-16,19H,4-6,12,14H2,1-3H3,(H,24,27)(H,23,25,28)/t15?,16?,19-/m0/s1. The van der Waals surface area contributed by atoms with Gasteiger partial charge in [0.05, 0.1) is 17.9 Å². The first kappa shape index (κ1) is 25.1. The lowest BCUT2D eigenvalue weighted by Crippen LogP contribution is -2.52.